The zero-order valence-corrected chi connectivity index (χ0v) is 9.90. The molecular weight excluding hydrogens is 226 g/mol. The summed E-state index contributed by atoms with van der Waals surface area (Å²) < 4.78 is 0. The van der Waals surface area contributed by atoms with Crippen molar-refractivity contribution < 1.29 is 9.90 Å². The van der Waals surface area contributed by atoms with Gasteiger partial charge in [0, 0.05) is 19.7 Å². The number of carbonyl (C=O) groups excluding carboxylic acids is 1. The van der Waals surface area contributed by atoms with Gasteiger partial charge in [0.15, 0.2) is 0 Å². The molecule has 0 saturated carbocycles. The molecule has 0 radical (unpaired) electrons. The SMILES string of the molecule is CN(CC(C)(C)O)C(=O)c1cc(=O)[nH]c(=O)[nH]1. The second-order valence-electron chi connectivity index (χ2n) is 4.48. The van der Waals surface area contributed by atoms with E-state index in [-0.39, 0.29) is 12.2 Å². The Hall–Kier alpha value is -1.89. The lowest BCUT2D eigenvalue weighted by molar-refractivity contribution is 0.0364. The molecule has 0 fully saturated rings. The third kappa shape index (κ3) is 3.87. The monoisotopic (exact) mass is 241 g/mol. The topological polar surface area (TPSA) is 106 Å². The van der Waals surface area contributed by atoms with Crippen molar-refractivity contribution in [3.05, 3.63) is 32.6 Å². The Bertz CT molecular complexity index is 495. The lowest BCUT2D eigenvalue weighted by Gasteiger charge is -2.25. The van der Waals surface area contributed by atoms with Gasteiger partial charge in [0.05, 0.1) is 5.60 Å². The zero-order chi connectivity index (χ0) is 13.2. The summed E-state index contributed by atoms with van der Waals surface area (Å²) in [7, 11) is 1.47. The largest absolute Gasteiger partial charge is 0.389 e. The van der Waals surface area contributed by atoms with Crippen LogP contribution >= 0.6 is 0 Å². The van der Waals surface area contributed by atoms with Crippen molar-refractivity contribution in [1.29, 1.82) is 0 Å². The summed E-state index contributed by atoms with van der Waals surface area (Å²) in [5, 5.41) is 9.56. The van der Waals surface area contributed by atoms with Crippen LogP contribution in [0.25, 0.3) is 0 Å². The summed E-state index contributed by atoms with van der Waals surface area (Å²) >= 11 is 0. The summed E-state index contributed by atoms with van der Waals surface area (Å²) in [5.74, 6) is -0.532. The predicted octanol–water partition coefficient (Wildman–Crippen LogP) is -1.09. The van der Waals surface area contributed by atoms with Gasteiger partial charge in [-0.05, 0) is 13.8 Å². The van der Waals surface area contributed by atoms with Gasteiger partial charge in [-0.2, -0.15) is 0 Å². The van der Waals surface area contributed by atoms with E-state index in [9.17, 15) is 19.5 Å². The van der Waals surface area contributed by atoms with Crippen LogP contribution in [-0.4, -0.2) is 45.1 Å². The first-order valence-electron chi connectivity index (χ1n) is 5.00. The van der Waals surface area contributed by atoms with Crippen molar-refractivity contribution >= 4 is 5.91 Å². The number of nitrogens with one attached hydrogen (secondary N) is 2. The summed E-state index contributed by atoms with van der Waals surface area (Å²) in [6.07, 6.45) is 0. The molecule has 0 aliphatic carbocycles. The summed E-state index contributed by atoms with van der Waals surface area (Å²) in [6, 6.07) is 1.00. The van der Waals surface area contributed by atoms with E-state index in [0.29, 0.717) is 0 Å². The Morgan fingerprint density at radius 2 is 2.00 bits per heavy atom. The standard InChI is InChI=1S/C10H15N3O4/c1-10(2,17)5-13(3)8(15)6-4-7(14)12-9(16)11-6/h4,17H,5H2,1-3H3,(H2,11,12,14,16). The maximum Gasteiger partial charge on any atom is 0.326 e. The van der Waals surface area contributed by atoms with E-state index < -0.39 is 22.8 Å². The molecule has 1 aromatic heterocycles. The number of hydrogen-bond donors (Lipinski definition) is 3. The fourth-order valence-electron chi connectivity index (χ4n) is 1.44. The van der Waals surface area contributed by atoms with Gasteiger partial charge in [0.25, 0.3) is 11.5 Å². The number of carbonyl (C=O) groups is 1. The quantitative estimate of drug-likeness (QED) is 0.624. The molecular formula is C10H15N3O4. The summed E-state index contributed by atoms with van der Waals surface area (Å²) in [4.78, 5) is 39.3. The van der Waals surface area contributed by atoms with E-state index in [2.05, 4.69) is 4.98 Å². The van der Waals surface area contributed by atoms with E-state index in [1.54, 1.807) is 13.8 Å². The van der Waals surface area contributed by atoms with Gasteiger partial charge in [-0.25, -0.2) is 4.79 Å². The fraction of sp³-hybridized carbons (Fsp3) is 0.500. The number of aromatic amines is 2. The van der Waals surface area contributed by atoms with Crippen LogP contribution in [0, 0.1) is 0 Å². The Morgan fingerprint density at radius 1 is 1.41 bits per heavy atom. The molecule has 1 amide bonds. The summed E-state index contributed by atoms with van der Waals surface area (Å²) in [5.41, 5.74) is -2.54. The van der Waals surface area contributed by atoms with Crippen LogP contribution in [-0.2, 0) is 0 Å². The minimum Gasteiger partial charge on any atom is -0.389 e. The molecule has 0 aliphatic rings. The van der Waals surface area contributed by atoms with Crippen molar-refractivity contribution in [1.82, 2.24) is 14.9 Å². The van der Waals surface area contributed by atoms with Gasteiger partial charge in [0.1, 0.15) is 5.69 Å². The first kappa shape index (κ1) is 13.2. The van der Waals surface area contributed by atoms with E-state index >= 15 is 0 Å². The maximum atomic E-state index is 11.8. The van der Waals surface area contributed by atoms with Gasteiger partial charge in [-0.15, -0.1) is 0 Å². The third-order valence-corrected chi connectivity index (χ3v) is 1.96. The van der Waals surface area contributed by atoms with Crippen LogP contribution in [0.2, 0.25) is 0 Å². The molecule has 1 heterocycles. The predicted molar refractivity (Wildman–Crippen MR) is 60.9 cm³/mol. The highest BCUT2D eigenvalue weighted by Crippen LogP contribution is 2.05. The molecule has 0 bridgehead atoms. The Morgan fingerprint density at radius 3 is 2.47 bits per heavy atom. The third-order valence-electron chi connectivity index (χ3n) is 1.96. The highest BCUT2D eigenvalue weighted by atomic mass is 16.3. The number of hydrogen-bond acceptors (Lipinski definition) is 4. The first-order valence-corrected chi connectivity index (χ1v) is 5.00. The lowest BCUT2D eigenvalue weighted by Crippen LogP contribution is -2.41. The second-order valence-corrected chi connectivity index (χ2v) is 4.48. The molecule has 94 valence electrons. The van der Waals surface area contributed by atoms with Gasteiger partial charge >= 0.3 is 5.69 Å². The van der Waals surface area contributed by atoms with Gasteiger partial charge < -0.3 is 15.0 Å². The molecule has 0 saturated heterocycles. The van der Waals surface area contributed by atoms with Crippen molar-refractivity contribution in [3.63, 3.8) is 0 Å². The maximum absolute atomic E-state index is 11.8. The van der Waals surface area contributed by atoms with Gasteiger partial charge in [-0.3, -0.25) is 14.6 Å². The van der Waals surface area contributed by atoms with Gasteiger partial charge in [-0.1, -0.05) is 0 Å². The molecule has 0 unspecified atom stereocenters. The average Bonchev–Trinajstić information content (AvgIpc) is 2.12. The molecule has 17 heavy (non-hydrogen) atoms. The zero-order valence-electron chi connectivity index (χ0n) is 9.90. The Balaban J connectivity index is 2.97. The smallest absolute Gasteiger partial charge is 0.326 e. The number of likely N-dealkylation sites (N-methyl/N-ethyl adjacent to an activating group) is 1. The van der Waals surface area contributed by atoms with Crippen molar-refractivity contribution in [2.75, 3.05) is 13.6 Å². The number of aromatic nitrogens is 2. The summed E-state index contributed by atoms with van der Waals surface area (Å²) in [6.45, 7) is 3.19. The number of H-pyrrole nitrogens is 2. The molecule has 0 aromatic carbocycles. The normalized spacial score (nSPS) is 11.3. The van der Waals surface area contributed by atoms with Crippen molar-refractivity contribution in [3.8, 4) is 0 Å². The van der Waals surface area contributed by atoms with E-state index in [0.717, 1.165) is 6.07 Å². The Kier molecular flexibility index (Phi) is 3.52. The lowest BCUT2D eigenvalue weighted by atomic mass is 10.1. The molecule has 1 aromatic rings. The van der Waals surface area contributed by atoms with Gasteiger partial charge in [0.2, 0.25) is 0 Å². The molecule has 0 aliphatic heterocycles. The molecule has 7 nitrogen and oxygen atoms in total. The number of rotatable bonds is 3. The Labute approximate surface area is 97.1 Å². The van der Waals surface area contributed by atoms with E-state index in [4.69, 9.17) is 0 Å². The highest BCUT2D eigenvalue weighted by Gasteiger charge is 2.21. The molecule has 3 N–H and O–H groups in total. The van der Waals surface area contributed by atoms with Crippen molar-refractivity contribution in [2.24, 2.45) is 0 Å². The molecule has 1 rings (SSSR count). The molecule has 0 atom stereocenters. The second kappa shape index (κ2) is 4.54. The van der Waals surface area contributed by atoms with Crippen molar-refractivity contribution in [2.45, 2.75) is 19.4 Å². The van der Waals surface area contributed by atoms with E-state index in [1.807, 2.05) is 4.98 Å². The minimum atomic E-state index is -1.05. The van der Waals surface area contributed by atoms with Crippen LogP contribution in [0.1, 0.15) is 24.3 Å². The van der Waals surface area contributed by atoms with Crippen LogP contribution in [0.4, 0.5) is 0 Å². The number of amides is 1. The van der Waals surface area contributed by atoms with Crippen LogP contribution in [0.5, 0.6) is 0 Å². The molecule has 0 spiro atoms. The van der Waals surface area contributed by atoms with Crippen LogP contribution in [0.3, 0.4) is 0 Å². The van der Waals surface area contributed by atoms with Crippen LogP contribution < -0.4 is 11.2 Å². The van der Waals surface area contributed by atoms with E-state index in [1.165, 1.54) is 11.9 Å². The highest BCUT2D eigenvalue weighted by molar-refractivity contribution is 5.91. The average molecular weight is 241 g/mol. The number of aliphatic hydroxyl groups is 1. The number of nitrogens with zero attached hydrogens (tertiary/aromatic N) is 1. The molecule has 7 heteroatoms. The first-order chi connectivity index (χ1) is 7.69. The van der Waals surface area contributed by atoms with Crippen LogP contribution in [0.15, 0.2) is 15.7 Å². The fourth-order valence-corrected chi connectivity index (χ4v) is 1.44. The minimum absolute atomic E-state index is 0.0840.